The van der Waals surface area contributed by atoms with Gasteiger partial charge in [0, 0.05) is 41.1 Å². The number of rotatable bonds is 3. The number of hydrogen-bond acceptors (Lipinski definition) is 3. The first kappa shape index (κ1) is 18.7. The van der Waals surface area contributed by atoms with Gasteiger partial charge in [-0.05, 0) is 35.6 Å². The molecule has 2 aromatic heterocycles. The van der Waals surface area contributed by atoms with E-state index in [4.69, 9.17) is 0 Å². The second-order valence-corrected chi connectivity index (χ2v) is 9.97. The monoisotopic (exact) mass is 435 g/mol. The number of benzene rings is 2. The number of hydrogen-bond donors (Lipinski definition) is 3. The highest BCUT2D eigenvalue weighted by Gasteiger charge is 2.51. The van der Waals surface area contributed by atoms with E-state index in [0.717, 1.165) is 52.3 Å². The number of nitrogens with one attached hydrogen (secondary N) is 2. The van der Waals surface area contributed by atoms with Gasteiger partial charge in [0.15, 0.2) is 5.37 Å². The Morgan fingerprint density at radius 1 is 1.03 bits per heavy atom. The third-order valence-electron chi connectivity index (χ3n) is 6.75. The molecule has 4 aromatic rings. The molecular weight excluding hydrogens is 414 g/mol. The smallest absolute Gasteiger partial charge is 0.286 e. The lowest BCUT2D eigenvalue weighted by molar-refractivity contribution is -0.120. The third kappa shape index (κ3) is 2.68. The Morgan fingerprint density at radius 3 is 2.68 bits per heavy atom. The van der Waals surface area contributed by atoms with Crippen molar-refractivity contribution in [3.8, 4) is 0 Å². The molecule has 1 unspecified atom stereocenters. The van der Waals surface area contributed by atoms with Crippen molar-refractivity contribution in [2.24, 2.45) is 0 Å². The van der Waals surface area contributed by atoms with Gasteiger partial charge in [-0.3, -0.25) is 9.35 Å². The van der Waals surface area contributed by atoms with E-state index >= 15 is 0 Å². The van der Waals surface area contributed by atoms with Crippen LogP contribution >= 0.6 is 0 Å². The maximum Gasteiger partial charge on any atom is 0.286 e. The van der Waals surface area contributed by atoms with Gasteiger partial charge in [-0.15, -0.1) is 0 Å². The number of amides is 1. The molecule has 1 amide bonds. The van der Waals surface area contributed by atoms with Gasteiger partial charge < -0.3 is 14.9 Å². The van der Waals surface area contributed by atoms with Gasteiger partial charge >= 0.3 is 0 Å². The van der Waals surface area contributed by atoms with Gasteiger partial charge in [0.25, 0.3) is 10.1 Å². The van der Waals surface area contributed by atoms with E-state index in [-0.39, 0.29) is 0 Å². The highest BCUT2D eigenvalue weighted by molar-refractivity contribution is 7.86. The maximum atomic E-state index is 13.1. The Labute approximate surface area is 178 Å². The van der Waals surface area contributed by atoms with Crippen LogP contribution in [0.4, 0.5) is 0 Å². The molecule has 2 aliphatic heterocycles. The number of nitrogens with zero attached hydrogens (tertiary/aromatic N) is 1. The average molecular weight is 436 g/mol. The molecule has 4 heterocycles. The van der Waals surface area contributed by atoms with Crippen LogP contribution in [0.3, 0.4) is 0 Å². The van der Waals surface area contributed by atoms with Crippen molar-refractivity contribution in [1.82, 2.24) is 14.9 Å². The highest BCUT2D eigenvalue weighted by Crippen LogP contribution is 2.47. The van der Waals surface area contributed by atoms with Crippen LogP contribution in [0, 0.1) is 0 Å². The second kappa shape index (κ2) is 6.45. The topological polar surface area (TPSA) is 104 Å². The SMILES string of the molecule is O=C1NC(S(=O)(=O)O)[C@@H](c2cn3c4c(cccc24)CCC3)[C@@H]1c1c[nH]c2ccccc12. The molecule has 7 nitrogen and oxygen atoms in total. The van der Waals surface area contributed by atoms with Crippen LogP contribution in [0.5, 0.6) is 0 Å². The fraction of sp³-hybridized carbons (Fsp3) is 0.261. The van der Waals surface area contributed by atoms with Crippen molar-refractivity contribution in [1.29, 1.82) is 0 Å². The molecule has 3 atom stereocenters. The van der Waals surface area contributed by atoms with Gasteiger partial charge in [-0.2, -0.15) is 8.42 Å². The molecule has 6 rings (SSSR count). The number of para-hydroxylation sites is 2. The summed E-state index contributed by atoms with van der Waals surface area (Å²) in [4.78, 5) is 16.3. The molecule has 2 aromatic carbocycles. The van der Waals surface area contributed by atoms with E-state index < -0.39 is 33.2 Å². The predicted molar refractivity (Wildman–Crippen MR) is 118 cm³/mol. The van der Waals surface area contributed by atoms with Gasteiger partial charge in [-0.25, -0.2) is 0 Å². The van der Waals surface area contributed by atoms with Crippen molar-refractivity contribution in [2.45, 2.75) is 36.6 Å². The first-order chi connectivity index (χ1) is 14.9. The predicted octanol–water partition coefficient (Wildman–Crippen LogP) is 3.28. The van der Waals surface area contributed by atoms with Crippen LogP contribution in [-0.2, 0) is 27.9 Å². The van der Waals surface area contributed by atoms with E-state index in [1.807, 2.05) is 42.6 Å². The lowest BCUT2D eigenvalue weighted by Gasteiger charge is -2.20. The number of aryl methyl sites for hydroxylation is 2. The molecule has 1 saturated heterocycles. The number of aromatic nitrogens is 2. The summed E-state index contributed by atoms with van der Waals surface area (Å²) in [5.41, 5.74) is 4.70. The molecule has 0 saturated carbocycles. The zero-order valence-corrected chi connectivity index (χ0v) is 17.4. The number of aromatic amines is 1. The van der Waals surface area contributed by atoms with Crippen molar-refractivity contribution in [3.63, 3.8) is 0 Å². The molecule has 0 aliphatic carbocycles. The van der Waals surface area contributed by atoms with Crippen LogP contribution in [0.15, 0.2) is 54.9 Å². The minimum atomic E-state index is -4.52. The van der Waals surface area contributed by atoms with E-state index in [1.54, 1.807) is 6.20 Å². The van der Waals surface area contributed by atoms with Crippen LogP contribution in [0.2, 0.25) is 0 Å². The molecule has 1 fully saturated rings. The standard InChI is InChI=1S/C23H21N3O4S/c27-22-19(16-11-24-18-9-2-1-7-14(16)18)20(23(25-22)31(28,29)30)17-12-26-10-4-6-13-5-3-8-15(17)21(13)26/h1-3,5,7-9,11-12,19-20,23-24H,4,6,10H2,(H,25,27)(H,28,29,30)/t19-,20-,23?/m0/s1. The fourth-order valence-corrected chi connectivity index (χ4v) is 6.43. The number of carbonyl (C=O) groups is 1. The summed E-state index contributed by atoms with van der Waals surface area (Å²) >= 11 is 0. The van der Waals surface area contributed by atoms with Crippen LogP contribution in [-0.4, -0.2) is 33.8 Å². The van der Waals surface area contributed by atoms with Crippen molar-refractivity contribution >= 4 is 37.8 Å². The van der Waals surface area contributed by atoms with E-state index in [1.165, 1.54) is 5.56 Å². The summed E-state index contributed by atoms with van der Waals surface area (Å²) in [7, 11) is -4.52. The quantitative estimate of drug-likeness (QED) is 0.430. The minimum absolute atomic E-state index is 0.399. The number of fused-ring (bicyclic) bond motifs is 1. The van der Waals surface area contributed by atoms with Crippen LogP contribution in [0.25, 0.3) is 21.8 Å². The Bertz CT molecular complexity index is 1470. The number of carbonyl (C=O) groups excluding carboxylic acids is 1. The molecule has 0 spiro atoms. The highest BCUT2D eigenvalue weighted by atomic mass is 32.2. The van der Waals surface area contributed by atoms with E-state index in [9.17, 15) is 17.8 Å². The summed E-state index contributed by atoms with van der Waals surface area (Å²) in [6.45, 7) is 0.843. The summed E-state index contributed by atoms with van der Waals surface area (Å²) in [6, 6.07) is 13.7. The van der Waals surface area contributed by atoms with Crippen LogP contribution in [0.1, 0.15) is 34.9 Å². The summed E-state index contributed by atoms with van der Waals surface area (Å²) in [6.07, 6.45) is 5.72. The van der Waals surface area contributed by atoms with Gasteiger partial charge in [0.1, 0.15) is 0 Å². The fourth-order valence-electron chi connectivity index (χ4n) is 5.49. The van der Waals surface area contributed by atoms with E-state index in [0.29, 0.717) is 0 Å². The maximum absolute atomic E-state index is 13.1. The Kier molecular flexibility index (Phi) is 3.88. The zero-order chi connectivity index (χ0) is 21.3. The third-order valence-corrected chi connectivity index (χ3v) is 7.80. The lowest BCUT2D eigenvalue weighted by Crippen LogP contribution is -2.35. The van der Waals surface area contributed by atoms with Crippen molar-refractivity contribution < 1.29 is 17.8 Å². The largest absolute Gasteiger partial charge is 0.361 e. The van der Waals surface area contributed by atoms with Crippen LogP contribution < -0.4 is 5.32 Å². The molecule has 158 valence electrons. The normalized spacial score (nSPS) is 23.5. The Morgan fingerprint density at radius 2 is 1.84 bits per heavy atom. The second-order valence-electron chi connectivity index (χ2n) is 8.43. The van der Waals surface area contributed by atoms with Gasteiger partial charge in [0.05, 0.1) is 11.4 Å². The minimum Gasteiger partial charge on any atom is -0.361 e. The first-order valence-corrected chi connectivity index (χ1v) is 11.9. The van der Waals surface area contributed by atoms with Gasteiger partial charge in [0.2, 0.25) is 5.91 Å². The Hall–Kier alpha value is -3.10. The molecule has 0 bridgehead atoms. The molecule has 0 radical (unpaired) electrons. The summed E-state index contributed by atoms with van der Waals surface area (Å²) in [5.74, 6) is -1.89. The molecule has 8 heteroatoms. The molecule has 31 heavy (non-hydrogen) atoms. The first-order valence-electron chi connectivity index (χ1n) is 10.4. The number of H-pyrrole nitrogens is 1. The average Bonchev–Trinajstić information content (AvgIpc) is 3.42. The lowest BCUT2D eigenvalue weighted by atomic mass is 9.83. The van der Waals surface area contributed by atoms with Crippen molar-refractivity contribution in [3.05, 3.63) is 71.5 Å². The molecule has 2 aliphatic rings. The Balaban J connectivity index is 1.62. The van der Waals surface area contributed by atoms with Gasteiger partial charge in [-0.1, -0.05) is 36.4 Å². The van der Waals surface area contributed by atoms with Crippen molar-refractivity contribution in [2.75, 3.05) is 0 Å². The molecule has 3 N–H and O–H groups in total. The molecular formula is C23H21N3O4S. The van der Waals surface area contributed by atoms with E-state index in [2.05, 4.69) is 20.9 Å². The zero-order valence-electron chi connectivity index (χ0n) is 16.6. The summed E-state index contributed by atoms with van der Waals surface area (Å²) in [5, 5.41) is 2.98. The summed E-state index contributed by atoms with van der Waals surface area (Å²) < 4.78 is 36.9.